The van der Waals surface area contributed by atoms with Gasteiger partial charge >= 0.3 is 10.1 Å². The minimum absolute atomic E-state index is 0.156. The van der Waals surface area contributed by atoms with E-state index in [0.29, 0.717) is 35.9 Å². The number of phenolic OH excluding ortho intramolecular Hbond substituents is 2. The van der Waals surface area contributed by atoms with Gasteiger partial charge in [-0.25, -0.2) is 9.65 Å². The Hall–Kier alpha value is -7.19. The average molecular weight is 921 g/mol. The summed E-state index contributed by atoms with van der Waals surface area (Å²) in [5.74, 6) is -3.34. The maximum absolute atomic E-state index is 12.6. The summed E-state index contributed by atoms with van der Waals surface area (Å²) in [6.45, 7) is 0. The van der Waals surface area contributed by atoms with Crippen LogP contribution in [0, 0.1) is 10.1 Å². The number of nitro groups is 1. The summed E-state index contributed by atoms with van der Waals surface area (Å²) >= 11 is 0. The fourth-order valence-corrected chi connectivity index (χ4v) is 7.96. The molecule has 0 aliphatic heterocycles. The molecule has 0 fully saturated rings. The van der Waals surface area contributed by atoms with Crippen LogP contribution in [-0.4, -0.2) is 82.3 Å². The minimum Gasteiger partial charge on any atom is -0.505 e. The van der Waals surface area contributed by atoms with Crippen molar-refractivity contribution >= 4 is 91.1 Å². The molecule has 9 N–H and O–H groups in total. The van der Waals surface area contributed by atoms with Crippen LogP contribution in [0.15, 0.2) is 129 Å². The summed E-state index contributed by atoms with van der Waals surface area (Å²) < 4.78 is 136. The van der Waals surface area contributed by atoms with Gasteiger partial charge in [-0.15, -0.1) is 29.8 Å². The first kappa shape index (κ1) is 43.4. The predicted octanol–water partition coefficient (Wildman–Crippen LogP) is 6.65. The molecule has 0 amide bonds. The van der Waals surface area contributed by atoms with Gasteiger partial charge in [0.25, 0.3) is 36.0 Å². The molecule has 0 radical (unpaired) electrons. The summed E-state index contributed by atoms with van der Waals surface area (Å²) in [6, 6.07) is 13.7. The summed E-state index contributed by atoms with van der Waals surface area (Å²) in [6.07, 6.45) is 0. The van der Waals surface area contributed by atoms with Crippen molar-refractivity contribution in [2.75, 3.05) is 0 Å². The number of hydrogen-bond acceptors (Lipinski definition) is 19. The fraction of sp³-hybridized carbons (Fsp3) is 0. The molecular formula is C31H22N9O17S4+. The van der Waals surface area contributed by atoms with Gasteiger partial charge in [-0.1, -0.05) is 30.3 Å². The summed E-state index contributed by atoms with van der Waals surface area (Å²) in [5.41, 5.74) is -4.70. The molecule has 26 nitrogen and oxygen atoms in total. The first-order valence-corrected chi connectivity index (χ1v) is 21.6. The number of hydrogen-bond donors (Lipinski definition) is 8. The van der Waals surface area contributed by atoms with E-state index in [1.807, 2.05) is 0 Å². The highest BCUT2D eigenvalue weighted by molar-refractivity contribution is 7.86. The van der Waals surface area contributed by atoms with Crippen molar-refractivity contribution in [3.05, 3.63) is 89.0 Å². The van der Waals surface area contributed by atoms with E-state index in [0.717, 1.165) is 18.2 Å². The van der Waals surface area contributed by atoms with Crippen LogP contribution in [0.4, 0.5) is 39.8 Å². The fourth-order valence-electron chi connectivity index (χ4n) is 5.35. The number of fused-ring (bicyclic) bond motifs is 1. The zero-order valence-electron chi connectivity index (χ0n) is 29.5. The highest BCUT2D eigenvalue weighted by Crippen LogP contribution is 2.50. The predicted molar refractivity (Wildman–Crippen MR) is 205 cm³/mol. The van der Waals surface area contributed by atoms with Crippen LogP contribution in [-0.2, 0) is 40.5 Å². The van der Waals surface area contributed by atoms with Gasteiger partial charge in [0, 0.05) is 17.7 Å². The van der Waals surface area contributed by atoms with Crippen molar-refractivity contribution in [2.24, 2.45) is 30.7 Å². The lowest BCUT2D eigenvalue weighted by Crippen LogP contribution is -2.02. The van der Waals surface area contributed by atoms with Crippen LogP contribution in [0.3, 0.4) is 0 Å². The molecule has 1 unspecified atom stereocenters. The Morgan fingerprint density at radius 3 is 1.66 bits per heavy atom. The normalized spacial score (nSPS) is 13.7. The number of aromatic hydroxyl groups is 3. The van der Waals surface area contributed by atoms with E-state index in [2.05, 4.69) is 40.9 Å². The molecule has 0 saturated heterocycles. The molecule has 30 heteroatoms. The molecule has 0 saturated carbocycles. The van der Waals surface area contributed by atoms with E-state index in [1.165, 1.54) is 0 Å². The number of non-ortho nitro benzene ring substituents is 1. The Morgan fingerprint density at radius 2 is 1.11 bits per heavy atom. The molecule has 6 aromatic rings. The molecule has 1 heterocycles. The zero-order chi connectivity index (χ0) is 44.8. The Labute approximate surface area is 340 Å². The van der Waals surface area contributed by atoms with E-state index >= 15 is 0 Å². The van der Waals surface area contributed by atoms with Crippen molar-refractivity contribution in [2.45, 2.75) is 19.6 Å². The summed E-state index contributed by atoms with van der Waals surface area (Å²) in [5, 5.41) is 70.3. The third-order valence-corrected chi connectivity index (χ3v) is 11.5. The Balaban J connectivity index is 1.50. The van der Waals surface area contributed by atoms with Gasteiger partial charge < -0.3 is 15.3 Å². The van der Waals surface area contributed by atoms with Crippen molar-refractivity contribution < 1.29 is 72.1 Å². The topological polar surface area (TPSA) is 428 Å². The molecule has 0 aliphatic carbocycles. The second kappa shape index (κ2) is 15.8. The number of phenols is 2. The molecule has 316 valence electrons. The lowest BCUT2D eigenvalue weighted by atomic mass is 10.1. The van der Waals surface area contributed by atoms with Crippen LogP contribution in [0.25, 0.3) is 22.0 Å². The van der Waals surface area contributed by atoms with Crippen molar-refractivity contribution in [3.63, 3.8) is 0 Å². The molecule has 6 rings (SSSR count). The number of azo groups is 3. The summed E-state index contributed by atoms with van der Waals surface area (Å²) in [7, 11) is -21.2. The van der Waals surface area contributed by atoms with Gasteiger partial charge in [-0.3, -0.25) is 23.8 Å². The van der Waals surface area contributed by atoms with E-state index in [-0.39, 0.29) is 17.1 Å². The second-order valence-corrected chi connectivity index (χ2v) is 17.6. The molecular weight excluding hydrogens is 899 g/mol. The van der Waals surface area contributed by atoms with E-state index in [1.54, 1.807) is 30.3 Å². The zero-order valence-corrected chi connectivity index (χ0v) is 32.7. The Bertz CT molecular complexity index is 3380. The van der Waals surface area contributed by atoms with Gasteiger partial charge in [0.15, 0.2) is 27.8 Å². The van der Waals surface area contributed by atoms with E-state index in [9.17, 15) is 77.3 Å². The van der Waals surface area contributed by atoms with E-state index < -0.39 is 122 Å². The van der Waals surface area contributed by atoms with Gasteiger partial charge in [0.2, 0.25) is 5.88 Å². The largest absolute Gasteiger partial charge is 0.505 e. The lowest BCUT2D eigenvalue weighted by Gasteiger charge is -2.12. The molecule has 1 atom stereocenters. The number of benzene rings is 5. The maximum atomic E-state index is 12.6. The SMILES string of the molecule is O=[N+]([O-])c1ccc(N=Nc2c(S(=O)(=O)O)cc3cc(S(=O)(O)=[OH+])c(N=Nc4ccc(N=Nc5c(-c6ccccc6)n[nH]c5O)cc4S(=O)(=O)O)c(O)c3c2O)c(S(=O)(=O)O)c1. The minimum atomic E-state index is -5.49. The average Bonchev–Trinajstić information content (AvgIpc) is 3.54. The smallest absolute Gasteiger partial charge is 0.437 e. The number of aromatic amines is 1. The molecule has 0 aliphatic rings. The van der Waals surface area contributed by atoms with E-state index in [4.69, 9.17) is 0 Å². The quantitative estimate of drug-likeness (QED) is 0.0209. The highest BCUT2D eigenvalue weighted by atomic mass is 32.2. The van der Waals surface area contributed by atoms with Crippen LogP contribution < -0.4 is 0 Å². The number of nitrogens with zero attached hydrogens (tertiary/aromatic N) is 8. The third kappa shape index (κ3) is 9.04. The maximum Gasteiger partial charge on any atom is 0.437 e. The summed E-state index contributed by atoms with van der Waals surface area (Å²) in [4.78, 5) is 5.29. The number of H-pyrrole nitrogens is 1. The third-order valence-electron chi connectivity index (χ3n) is 8.02. The van der Waals surface area contributed by atoms with Crippen LogP contribution in [0.2, 0.25) is 0 Å². The first-order valence-electron chi connectivity index (χ1n) is 15.8. The van der Waals surface area contributed by atoms with Crippen LogP contribution >= 0.6 is 0 Å². The number of nitrogens with one attached hydrogen (secondary N) is 1. The van der Waals surface area contributed by atoms with Crippen molar-refractivity contribution in [1.29, 1.82) is 0 Å². The van der Waals surface area contributed by atoms with Crippen molar-refractivity contribution in [3.8, 4) is 28.6 Å². The molecule has 61 heavy (non-hydrogen) atoms. The highest BCUT2D eigenvalue weighted by Gasteiger charge is 2.31. The Morgan fingerprint density at radius 1 is 0.607 bits per heavy atom. The molecule has 1 aromatic heterocycles. The van der Waals surface area contributed by atoms with Gasteiger partial charge in [0.1, 0.15) is 37.4 Å². The lowest BCUT2D eigenvalue weighted by molar-refractivity contribution is -0.385. The molecule has 0 bridgehead atoms. The first-order chi connectivity index (χ1) is 28.4. The standard InChI is InChI=1S/C31H21N9O17S4/c41-29-24-15(11-23(61(55,56)57)27(30(24)42)37-34-19-9-7-17(40(44)45)13-21(19)59(49,50)51)10-22(60(52,53)54)26(29)36-33-18-8-6-16(12-20(18)58(46,47)48)32-38-28-25(35-39-31(28)43)14-4-2-1-3-5-14/h1-13,41-42H,(H2,35,39,43)(H,46,47,48)(H,49,50,51)(H,52,53,54)(H,55,56,57)/p+1. The monoisotopic (exact) mass is 920 g/mol. The van der Waals surface area contributed by atoms with Crippen LogP contribution in [0.1, 0.15) is 0 Å². The van der Waals surface area contributed by atoms with Crippen molar-refractivity contribution in [1.82, 2.24) is 10.2 Å². The van der Waals surface area contributed by atoms with Gasteiger partial charge in [-0.05, 0) is 41.8 Å². The number of rotatable bonds is 12. The second-order valence-electron chi connectivity index (χ2n) is 12.0. The van der Waals surface area contributed by atoms with Gasteiger partial charge in [0.05, 0.1) is 16.0 Å². The molecule has 5 aromatic carbocycles. The number of aromatic nitrogens is 2. The van der Waals surface area contributed by atoms with Crippen LogP contribution in [0.5, 0.6) is 17.4 Å². The number of nitro benzene ring substituents is 1. The molecule has 0 spiro atoms. The van der Waals surface area contributed by atoms with Gasteiger partial charge in [-0.2, -0.15) is 39.7 Å². The Kier molecular flexibility index (Phi) is 11.2.